The maximum absolute atomic E-state index is 3.83. The quantitative estimate of drug-likeness (QED) is 0.837. The van der Waals surface area contributed by atoms with Crippen molar-refractivity contribution in [3.8, 4) is 0 Å². The van der Waals surface area contributed by atoms with E-state index in [1.165, 1.54) is 71.0 Å². The van der Waals surface area contributed by atoms with E-state index in [9.17, 15) is 0 Å². The number of rotatable bonds is 4. The molecule has 0 aromatic heterocycles. The van der Waals surface area contributed by atoms with Gasteiger partial charge in [-0.25, -0.2) is 0 Å². The minimum Gasteiger partial charge on any atom is -0.308 e. The molecule has 2 nitrogen and oxygen atoms in total. The zero-order valence-corrected chi connectivity index (χ0v) is 13.0. The topological polar surface area (TPSA) is 15.3 Å². The lowest BCUT2D eigenvalue weighted by Gasteiger charge is -2.46. The van der Waals surface area contributed by atoms with Gasteiger partial charge < -0.3 is 5.32 Å². The molecule has 19 heavy (non-hydrogen) atoms. The molecule has 110 valence electrons. The van der Waals surface area contributed by atoms with E-state index >= 15 is 0 Å². The molecule has 0 bridgehead atoms. The van der Waals surface area contributed by atoms with Crippen molar-refractivity contribution in [1.29, 1.82) is 0 Å². The van der Waals surface area contributed by atoms with Gasteiger partial charge in [-0.2, -0.15) is 0 Å². The number of hydrogen-bond donors (Lipinski definition) is 1. The van der Waals surface area contributed by atoms with Gasteiger partial charge in [-0.15, -0.1) is 0 Å². The maximum atomic E-state index is 3.83. The lowest BCUT2D eigenvalue weighted by atomic mass is 9.86. The zero-order chi connectivity index (χ0) is 13.3. The first-order chi connectivity index (χ1) is 9.17. The van der Waals surface area contributed by atoms with E-state index in [0.717, 1.165) is 17.9 Å². The fourth-order valence-electron chi connectivity index (χ4n) is 4.26. The highest BCUT2D eigenvalue weighted by atomic mass is 15.3. The van der Waals surface area contributed by atoms with Crippen LogP contribution in [0.4, 0.5) is 0 Å². The van der Waals surface area contributed by atoms with Gasteiger partial charge in [0.25, 0.3) is 0 Å². The monoisotopic (exact) mass is 264 g/mol. The van der Waals surface area contributed by atoms with Crippen LogP contribution in [-0.2, 0) is 0 Å². The summed E-state index contributed by atoms with van der Waals surface area (Å²) in [5, 5.41) is 3.83. The van der Waals surface area contributed by atoms with Crippen molar-refractivity contribution in [3.05, 3.63) is 0 Å². The second-order valence-corrected chi connectivity index (χ2v) is 7.68. The van der Waals surface area contributed by atoms with Crippen LogP contribution in [0.15, 0.2) is 0 Å². The lowest BCUT2D eigenvalue weighted by molar-refractivity contribution is 0.0760. The molecule has 2 saturated carbocycles. The van der Waals surface area contributed by atoms with E-state index in [1.54, 1.807) is 0 Å². The smallest absolute Gasteiger partial charge is 0.0309 e. The first-order valence-corrected chi connectivity index (χ1v) is 8.66. The third-order valence-corrected chi connectivity index (χ3v) is 5.98. The first kappa shape index (κ1) is 13.9. The average molecular weight is 264 g/mol. The summed E-state index contributed by atoms with van der Waals surface area (Å²) in [6.07, 6.45) is 11.8. The molecule has 2 aliphatic carbocycles. The third kappa shape index (κ3) is 3.33. The van der Waals surface area contributed by atoms with Crippen LogP contribution in [0.1, 0.15) is 65.2 Å². The van der Waals surface area contributed by atoms with Crippen LogP contribution >= 0.6 is 0 Å². The predicted octanol–water partition coefficient (Wildman–Crippen LogP) is 3.42. The van der Waals surface area contributed by atoms with E-state index in [-0.39, 0.29) is 0 Å². The Morgan fingerprint density at radius 2 is 1.84 bits per heavy atom. The van der Waals surface area contributed by atoms with Crippen molar-refractivity contribution in [2.75, 3.05) is 19.6 Å². The minimum absolute atomic E-state index is 0.416. The number of piperazine rings is 1. The van der Waals surface area contributed by atoms with Gasteiger partial charge in [0.15, 0.2) is 0 Å². The summed E-state index contributed by atoms with van der Waals surface area (Å²) in [4.78, 5) is 2.78. The molecule has 1 N–H and O–H groups in total. The molecule has 3 rings (SSSR count). The molecule has 2 heteroatoms. The summed E-state index contributed by atoms with van der Waals surface area (Å²) in [5.41, 5.74) is 0.416. The number of nitrogens with zero attached hydrogens (tertiary/aromatic N) is 1. The second-order valence-electron chi connectivity index (χ2n) is 7.68. The molecule has 0 amide bonds. The van der Waals surface area contributed by atoms with E-state index in [2.05, 4.69) is 24.1 Å². The summed E-state index contributed by atoms with van der Waals surface area (Å²) in [6.45, 7) is 8.68. The van der Waals surface area contributed by atoms with Gasteiger partial charge in [0, 0.05) is 24.7 Å². The Hall–Kier alpha value is -0.0800. The molecule has 2 atom stereocenters. The SMILES string of the molecule is CC1CNC(C)(C2CC2)CN1CCC1CCCCC1. The van der Waals surface area contributed by atoms with Crippen molar-refractivity contribution in [1.82, 2.24) is 10.2 Å². The standard InChI is InChI=1S/C17H32N2/c1-14-12-18-17(2,16-8-9-16)13-19(14)11-10-15-6-4-3-5-7-15/h14-16,18H,3-13H2,1-2H3. The Bertz CT molecular complexity index is 294. The molecule has 0 spiro atoms. The second kappa shape index (κ2) is 5.73. The van der Waals surface area contributed by atoms with Crippen LogP contribution in [0.25, 0.3) is 0 Å². The molecule has 3 fully saturated rings. The molecule has 0 aromatic rings. The van der Waals surface area contributed by atoms with Crippen molar-refractivity contribution < 1.29 is 0 Å². The molecule has 1 heterocycles. The Morgan fingerprint density at radius 3 is 2.53 bits per heavy atom. The van der Waals surface area contributed by atoms with E-state index < -0.39 is 0 Å². The molecule has 0 aromatic carbocycles. The summed E-state index contributed by atoms with van der Waals surface area (Å²) in [7, 11) is 0. The summed E-state index contributed by atoms with van der Waals surface area (Å²) < 4.78 is 0. The summed E-state index contributed by atoms with van der Waals surface area (Å²) >= 11 is 0. The molecule has 2 unspecified atom stereocenters. The average Bonchev–Trinajstić information content (AvgIpc) is 3.26. The Kier molecular flexibility index (Phi) is 4.19. The van der Waals surface area contributed by atoms with Crippen molar-refractivity contribution in [3.63, 3.8) is 0 Å². The highest BCUT2D eigenvalue weighted by Crippen LogP contribution is 2.41. The van der Waals surface area contributed by atoms with E-state index in [1.807, 2.05) is 0 Å². The van der Waals surface area contributed by atoms with Gasteiger partial charge >= 0.3 is 0 Å². The van der Waals surface area contributed by atoms with Crippen LogP contribution in [0.5, 0.6) is 0 Å². The molecule has 1 aliphatic heterocycles. The van der Waals surface area contributed by atoms with Crippen LogP contribution in [-0.4, -0.2) is 36.1 Å². The van der Waals surface area contributed by atoms with Gasteiger partial charge in [-0.1, -0.05) is 32.1 Å². The van der Waals surface area contributed by atoms with Gasteiger partial charge in [0.2, 0.25) is 0 Å². The van der Waals surface area contributed by atoms with Crippen LogP contribution < -0.4 is 5.32 Å². The predicted molar refractivity (Wildman–Crippen MR) is 81.4 cm³/mol. The van der Waals surface area contributed by atoms with Crippen molar-refractivity contribution >= 4 is 0 Å². The molecule has 0 radical (unpaired) electrons. The fourth-order valence-corrected chi connectivity index (χ4v) is 4.26. The van der Waals surface area contributed by atoms with Crippen LogP contribution in [0, 0.1) is 11.8 Å². The minimum atomic E-state index is 0.416. The lowest BCUT2D eigenvalue weighted by Crippen LogP contribution is -2.63. The Labute approximate surface area is 119 Å². The Morgan fingerprint density at radius 1 is 1.11 bits per heavy atom. The van der Waals surface area contributed by atoms with Crippen LogP contribution in [0.3, 0.4) is 0 Å². The number of hydrogen-bond acceptors (Lipinski definition) is 2. The highest BCUT2D eigenvalue weighted by molar-refractivity contribution is 5.03. The molecular formula is C17H32N2. The first-order valence-electron chi connectivity index (χ1n) is 8.66. The summed E-state index contributed by atoms with van der Waals surface area (Å²) in [5.74, 6) is 1.99. The van der Waals surface area contributed by atoms with Gasteiger partial charge in [-0.3, -0.25) is 4.90 Å². The zero-order valence-electron chi connectivity index (χ0n) is 13.0. The van der Waals surface area contributed by atoms with Gasteiger partial charge in [0.1, 0.15) is 0 Å². The molecule has 1 saturated heterocycles. The maximum Gasteiger partial charge on any atom is 0.0309 e. The highest BCUT2D eigenvalue weighted by Gasteiger charge is 2.45. The largest absolute Gasteiger partial charge is 0.308 e. The Balaban J connectivity index is 1.50. The van der Waals surface area contributed by atoms with E-state index in [4.69, 9.17) is 0 Å². The van der Waals surface area contributed by atoms with Gasteiger partial charge in [0.05, 0.1) is 0 Å². The number of nitrogens with one attached hydrogen (secondary N) is 1. The summed E-state index contributed by atoms with van der Waals surface area (Å²) in [6, 6.07) is 0.732. The fraction of sp³-hybridized carbons (Fsp3) is 1.00. The molecule has 3 aliphatic rings. The van der Waals surface area contributed by atoms with Gasteiger partial charge in [-0.05, 0) is 51.5 Å². The third-order valence-electron chi connectivity index (χ3n) is 5.98. The normalized spacial score (nSPS) is 38.5. The van der Waals surface area contributed by atoms with Crippen LogP contribution in [0.2, 0.25) is 0 Å². The van der Waals surface area contributed by atoms with E-state index in [0.29, 0.717) is 5.54 Å². The van der Waals surface area contributed by atoms with Crippen molar-refractivity contribution in [2.24, 2.45) is 11.8 Å². The van der Waals surface area contributed by atoms with Crippen molar-refractivity contribution in [2.45, 2.75) is 76.8 Å². The molecular weight excluding hydrogens is 232 g/mol.